The molecule has 1 aromatic heterocycles. The first kappa shape index (κ1) is 16.0. The molecule has 0 bridgehead atoms. The van der Waals surface area contributed by atoms with Crippen LogP contribution in [0, 0.1) is 0 Å². The number of carbonyl (C=O) groups excluding carboxylic acids is 1. The van der Waals surface area contributed by atoms with Crippen LogP contribution in [0.15, 0.2) is 39.9 Å². The van der Waals surface area contributed by atoms with E-state index in [4.69, 9.17) is 11.6 Å². The van der Waals surface area contributed by atoms with Crippen LogP contribution in [0.4, 0.5) is 13.2 Å². The van der Waals surface area contributed by atoms with E-state index in [1.54, 1.807) is 0 Å². The monoisotopic (exact) mass is 332 g/mol. The SMILES string of the molecule is Cn1c(C(F)(F)F)cc(=O)n(C(=O)c2ccc(Cl)cc2)c1=O. The van der Waals surface area contributed by atoms with Crippen molar-refractivity contribution in [1.82, 2.24) is 9.13 Å². The fraction of sp³-hybridized carbons (Fsp3) is 0.154. The van der Waals surface area contributed by atoms with E-state index >= 15 is 0 Å². The van der Waals surface area contributed by atoms with Gasteiger partial charge in [-0.2, -0.15) is 17.7 Å². The van der Waals surface area contributed by atoms with E-state index in [0.717, 1.165) is 7.05 Å². The van der Waals surface area contributed by atoms with Gasteiger partial charge in [0, 0.05) is 23.7 Å². The molecule has 0 N–H and O–H groups in total. The van der Waals surface area contributed by atoms with Crippen molar-refractivity contribution in [1.29, 1.82) is 0 Å². The van der Waals surface area contributed by atoms with Gasteiger partial charge in [-0.05, 0) is 24.3 Å². The first-order valence-electron chi connectivity index (χ1n) is 5.83. The van der Waals surface area contributed by atoms with Gasteiger partial charge in [0.1, 0.15) is 5.69 Å². The molecule has 0 radical (unpaired) electrons. The molecule has 116 valence electrons. The highest BCUT2D eigenvalue weighted by molar-refractivity contribution is 6.30. The summed E-state index contributed by atoms with van der Waals surface area (Å²) in [5.41, 5.74) is -4.21. The van der Waals surface area contributed by atoms with Crippen molar-refractivity contribution in [3.05, 3.63) is 67.4 Å². The maximum absolute atomic E-state index is 12.7. The van der Waals surface area contributed by atoms with Crippen molar-refractivity contribution in [2.45, 2.75) is 6.18 Å². The number of alkyl halides is 3. The molecular formula is C13H8ClF3N2O3. The summed E-state index contributed by atoms with van der Waals surface area (Å²) in [6.07, 6.45) is -4.88. The Morgan fingerprint density at radius 2 is 1.68 bits per heavy atom. The Balaban J connectivity index is 2.65. The summed E-state index contributed by atoms with van der Waals surface area (Å²) in [7, 11) is 0.830. The second-order valence-corrected chi connectivity index (χ2v) is 4.79. The first-order valence-corrected chi connectivity index (χ1v) is 6.21. The van der Waals surface area contributed by atoms with Crippen molar-refractivity contribution in [3.63, 3.8) is 0 Å². The lowest BCUT2D eigenvalue weighted by Crippen LogP contribution is -2.45. The maximum atomic E-state index is 12.7. The summed E-state index contributed by atoms with van der Waals surface area (Å²) in [5.74, 6) is -1.03. The number of hydrogen-bond donors (Lipinski definition) is 0. The van der Waals surface area contributed by atoms with Gasteiger partial charge in [-0.3, -0.25) is 14.2 Å². The Morgan fingerprint density at radius 1 is 1.14 bits per heavy atom. The third-order valence-corrected chi connectivity index (χ3v) is 3.16. The highest BCUT2D eigenvalue weighted by Crippen LogP contribution is 2.26. The standard InChI is InChI=1S/C13H8ClF3N2O3/c1-18-9(13(15,16)17)6-10(20)19(12(18)22)11(21)7-2-4-8(14)5-3-7/h2-6H,1H3. The molecule has 2 aromatic rings. The maximum Gasteiger partial charge on any atom is 0.431 e. The van der Waals surface area contributed by atoms with Crippen LogP contribution in [-0.2, 0) is 13.2 Å². The number of rotatable bonds is 1. The summed E-state index contributed by atoms with van der Waals surface area (Å²) >= 11 is 5.65. The predicted molar refractivity (Wildman–Crippen MR) is 72.1 cm³/mol. The lowest BCUT2D eigenvalue weighted by atomic mass is 10.2. The van der Waals surface area contributed by atoms with Gasteiger partial charge in [0.2, 0.25) is 0 Å². The van der Waals surface area contributed by atoms with Gasteiger partial charge in [0.15, 0.2) is 0 Å². The van der Waals surface area contributed by atoms with Crippen LogP contribution in [0.1, 0.15) is 16.1 Å². The van der Waals surface area contributed by atoms with Crippen LogP contribution in [-0.4, -0.2) is 15.0 Å². The molecule has 0 saturated heterocycles. The smallest absolute Gasteiger partial charge is 0.292 e. The topological polar surface area (TPSA) is 61.1 Å². The molecule has 0 saturated carbocycles. The summed E-state index contributed by atoms with van der Waals surface area (Å²) in [6.45, 7) is 0. The predicted octanol–water partition coefficient (Wildman–Crippen LogP) is 1.91. The quantitative estimate of drug-likeness (QED) is 0.801. The van der Waals surface area contributed by atoms with Crippen molar-refractivity contribution in [2.75, 3.05) is 0 Å². The van der Waals surface area contributed by atoms with Crippen LogP contribution in [0.25, 0.3) is 0 Å². The van der Waals surface area contributed by atoms with Gasteiger partial charge in [-0.15, -0.1) is 0 Å². The fourth-order valence-corrected chi connectivity index (χ4v) is 1.93. The number of nitrogens with zero attached hydrogens (tertiary/aromatic N) is 2. The van der Waals surface area contributed by atoms with E-state index in [2.05, 4.69) is 0 Å². The Kier molecular flexibility index (Phi) is 3.97. The molecule has 5 nitrogen and oxygen atoms in total. The second kappa shape index (κ2) is 5.45. The Bertz CT molecular complexity index is 851. The van der Waals surface area contributed by atoms with Crippen LogP contribution in [0.3, 0.4) is 0 Å². The molecule has 0 fully saturated rings. The number of hydrogen-bond acceptors (Lipinski definition) is 3. The van der Waals surface area contributed by atoms with E-state index in [9.17, 15) is 27.6 Å². The minimum Gasteiger partial charge on any atom is -0.292 e. The van der Waals surface area contributed by atoms with Crippen LogP contribution < -0.4 is 11.2 Å². The molecule has 0 aliphatic carbocycles. The number of halogens is 4. The third kappa shape index (κ3) is 2.82. The lowest BCUT2D eigenvalue weighted by molar-refractivity contribution is -0.144. The van der Waals surface area contributed by atoms with Gasteiger partial charge in [-0.25, -0.2) is 4.79 Å². The highest BCUT2D eigenvalue weighted by atomic mass is 35.5. The zero-order valence-electron chi connectivity index (χ0n) is 11.0. The van der Waals surface area contributed by atoms with E-state index in [-0.39, 0.29) is 20.8 Å². The minimum absolute atomic E-state index is 0.0524. The normalized spacial score (nSPS) is 11.5. The summed E-state index contributed by atoms with van der Waals surface area (Å²) in [5, 5.41) is 0.323. The van der Waals surface area contributed by atoms with Gasteiger partial charge in [0.05, 0.1) is 0 Å². The summed E-state index contributed by atoms with van der Waals surface area (Å²) in [6, 6.07) is 5.43. The molecule has 0 unspecified atom stereocenters. The molecule has 0 amide bonds. The second-order valence-electron chi connectivity index (χ2n) is 4.35. The molecule has 9 heteroatoms. The van der Waals surface area contributed by atoms with Crippen LogP contribution >= 0.6 is 11.6 Å². The van der Waals surface area contributed by atoms with E-state index in [0.29, 0.717) is 5.02 Å². The zero-order valence-corrected chi connectivity index (χ0v) is 11.8. The Morgan fingerprint density at radius 3 is 2.18 bits per heavy atom. The van der Waals surface area contributed by atoms with E-state index < -0.39 is 29.0 Å². The van der Waals surface area contributed by atoms with Crippen LogP contribution in [0.5, 0.6) is 0 Å². The van der Waals surface area contributed by atoms with Crippen molar-refractivity contribution >= 4 is 17.5 Å². The molecule has 1 aromatic carbocycles. The summed E-state index contributed by atoms with van der Waals surface area (Å²) in [4.78, 5) is 35.8. The number of aromatic nitrogens is 2. The molecule has 0 spiro atoms. The molecule has 0 aliphatic rings. The number of benzene rings is 1. The van der Waals surface area contributed by atoms with Crippen molar-refractivity contribution in [2.24, 2.45) is 7.05 Å². The minimum atomic E-state index is -4.88. The largest absolute Gasteiger partial charge is 0.431 e. The molecule has 0 aliphatic heterocycles. The zero-order chi connectivity index (χ0) is 16.7. The molecule has 22 heavy (non-hydrogen) atoms. The highest BCUT2D eigenvalue weighted by Gasteiger charge is 2.35. The average molecular weight is 333 g/mol. The molecule has 2 rings (SSSR count). The van der Waals surface area contributed by atoms with Gasteiger partial charge >= 0.3 is 11.9 Å². The van der Waals surface area contributed by atoms with Crippen LogP contribution in [0.2, 0.25) is 5.02 Å². The van der Waals surface area contributed by atoms with Gasteiger partial charge < -0.3 is 0 Å². The van der Waals surface area contributed by atoms with Crippen molar-refractivity contribution in [3.8, 4) is 0 Å². The molecule has 1 heterocycles. The Hall–Kier alpha value is -2.35. The lowest BCUT2D eigenvalue weighted by Gasteiger charge is -2.13. The van der Waals surface area contributed by atoms with Gasteiger partial charge in [0.25, 0.3) is 11.5 Å². The van der Waals surface area contributed by atoms with Crippen molar-refractivity contribution < 1.29 is 18.0 Å². The van der Waals surface area contributed by atoms with E-state index in [1.807, 2.05) is 0 Å². The Labute approximate surface area is 126 Å². The average Bonchev–Trinajstić information content (AvgIpc) is 2.42. The number of carbonyl (C=O) groups is 1. The molecule has 0 atom stereocenters. The third-order valence-electron chi connectivity index (χ3n) is 2.90. The first-order chi connectivity index (χ1) is 10.1. The fourth-order valence-electron chi connectivity index (χ4n) is 1.81. The van der Waals surface area contributed by atoms with Gasteiger partial charge in [-0.1, -0.05) is 11.6 Å². The van der Waals surface area contributed by atoms with E-state index in [1.165, 1.54) is 24.3 Å². The molecular weight excluding hydrogens is 325 g/mol. The summed E-state index contributed by atoms with van der Waals surface area (Å²) < 4.78 is 38.4.